The predicted octanol–water partition coefficient (Wildman–Crippen LogP) is 3.35. The third-order valence-electron chi connectivity index (χ3n) is 4.51. The molecule has 120 valence electrons. The lowest BCUT2D eigenvalue weighted by atomic mass is 9.78. The average Bonchev–Trinajstić information content (AvgIpc) is 2.66. The molecular formula is C16H30BIN2O. The van der Waals surface area contributed by atoms with Gasteiger partial charge in [-0.15, -0.1) is 0 Å². The molecule has 0 bridgehead atoms. The van der Waals surface area contributed by atoms with Gasteiger partial charge in [0.25, 0.3) is 6.02 Å². The number of hydrogen-bond donors (Lipinski definition) is 0. The van der Waals surface area contributed by atoms with Crippen molar-refractivity contribution >= 4 is 36.5 Å². The number of rotatable bonds is 2. The Morgan fingerprint density at radius 2 is 2.00 bits per heavy atom. The minimum absolute atomic E-state index is 0.291. The van der Waals surface area contributed by atoms with Gasteiger partial charge in [-0.3, -0.25) is 0 Å². The summed E-state index contributed by atoms with van der Waals surface area (Å²) in [6.07, 6.45) is 8.02. The zero-order valence-corrected chi connectivity index (χ0v) is 16.4. The molecule has 0 aromatic carbocycles. The summed E-state index contributed by atoms with van der Waals surface area (Å²) in [7, 11) is 2.39. The van der Waals surface area contributed by atoms with Crippen molar-refractivity contribution in [2.24, 2.45) is 4.99 Å². The van der Waals surface area contributed by atoms with Crippen molar-refractivity contribution in [1.82, 2.24) is 4.90 Å². The van der Waals surface area contributed by atoms with Crippen molar-refractivity contribution in [2.45, 2.75) is 93.8 Å². The lowest BCUT2D eigenvalue weighted by molar-refractivity contribution is 0.161. The molecule has 0 aromatic rings. The third-order valence-corrected chi connectivity index (χ3v) is 5.49. The molecule has 1 aliphatic carbocycles. The second-order valence-electron chi connectivity index (χ2n) is 7.45. The van der Waals surface area contributed by atoms with E-state index in [1.165, 1.54) is 32.1 Å². The number of nitrogens with zero attached hydrogens (tertiary/aromatic N) is 2. The van der Waals surface area contributed by atoms with E-state index in [2.05, 4.69) is 63.0 Å². The van der Waals surface area contributed by atoms with Crippen molar-refractivity contribution in [3.8, 4) is 0 Å². The molecular weight excluding hydrogens is 374 g/mol. The van der Waals surface area contributed by atoms with Crippen LogP contribution in [0.3, 0.4) is 0 Å². The van der Waals surface area contributed by atoms with E-state index in [1.54, 1.807) is 0 Å². The highest BCUT2D eigenvalue weighted by molar-refractivity contribution is 14.1. The SMILES string of the molecule is BC1(I)CCCCCC2C(C1)O/C(=N\C(C)C)N2C(C)C. The largest absolute Gasteiger partial charge is 0.460 e. The van der Waals surface area contributed by atoms with Crippen LogP contribution in [0.2, 0.25) is 0 Å². The van der Waals surface area contributed by atoms with E-state index in [0.717, 1.165) is 12.4 Å². The summed E-state index contributed by atoms with van der Waals surface area (Å²) in [4.78, 5) is 7.20. The molecule has 0 spiro atoms. The highest BCUT2D eigenvalue weighted by Gasteiger charge is 2.44. The predicted molar refractivity (Wildman–Crippen MR) is 101 cm³/mol. The van der Waals surface area contributed by atoms with E-state index < -0.39 is 0 Å². The standard InChI is InChI=1S/C16H30BIN2O/c1-11(2)19-15-20(12(3)4)13-8-6-5-7-9-16(17,18)10-14(13)21-15/h11-14H,5-10,17H2,1-4H3/b19-15-. The Balaban J connectivity index is 2.26. The average molecular weight is 404 g/mol. The molecule has 0 aromatic heterocycles. The minimum Gasteiger partial charge on any atom is -0.460 e. The van der Waals surface area contributed by atoms with E-state index in [4.69, 9.17) is 9.73 Å². The fourth-order valence-corrected chi connectivity index (χ4v) is 4.38. The Bertz CT molecular complexity index is 384. The van der Waals surface area contributed by atoms with Gasteiger partial charge in [-0.05, 0) is 50.3 Å². The van der Waals surface area contributed by atoms with E-state index in [-0.39, 0.29) is 0 Å². The van der Waals surface area contributed by atoms with Crippen LogP contribution in [0.15, 0.2) is 4.99 Å². The summed E-state index contributed by atoms with van der Waals surface area (Å²) in [5.74, 6) is 0. The number of halogens is 1. The highest BCUT2D eigenvalue weighted by atomic mass is 127. The quantitative estimate of drug-likeness (QED) is 0.401. The molecule has 5 heteroatoms. The maximum atomic E-state index is 6.35. The molecule has 3 nitrogen and oxygen atoms in total. The van der Waals surface area contributed by atoms with Crippen molar-refractivity contribution in [3.63, 3.8) is 0 Å². The summed E-state index contributed by atoms with van der Waals surface area (Å²) in [5, 5.41) is 0. The molecule has 2 rings (SSSR count). The molecule has 2 fully saturated rings. The molecule has 0 radical (unpaired) electrons. The van der Waals surface area contributed by atoms with Gasteiger partial charge >= 0.3 is 0 Å². The van der Waals surface area contributed by atoms with E-state index in [0.29, 0.717) is 27.6 Å². The molecule has 21 heavy (non-hydrogen) atoms. The maximum Gasteiger partial charge on any atom is 0.288 e. The van der Waals surface area contributed by atoms with E-state index in [1.807, 2.05) is 0 Å². The molecule has 0 N–H and O–H groups in total. The van der Waals surface area contributed by atoms with Crippen molar-refractivity contribution < 1.29 is 4.74 Å². The highest BCUT2D eigenvalue weighted by Crippen LogP contribution is 2.37. The first-order valence-electron chi connectivity index (χ1n) is 8.52. The Morgan fingerprint density at radius 1 is 1.29 bits per heavy atom. The van der Waals surface area contributed by atoms with E-state index in [9.17, 15) is 0 Å². The van der Waals surface area contributed by atoms with Crippen LogP contribution in [0.25, 0.3) is 0 Å². The molecule has 2 aliphatic rings. The minimum atomic E-state index is 0.291. The molecule has 0 amide bonds. The lowest BCUT2D eigenvalue weighted by Crippen LogP contribution is -2.43. The van der Waals surface area contributed by atoms with Crippen LogP contribution in [-0.2, 0) is 4.74 Å². The van der Waals surface area contributed by atoms with Gasteiger partial charge in [-0.25, -0.2) is 4.99 Å². The normalized spacial score (nSPS) is 36.3. The van der Waals surface area contributed by atoms with Crippen LogP contribution < -0.4 is 0 Å². The fraction of sp³-hybridized carbons (Fsp3) is 0.938. The van der Waals surface area contributed by atoms with Gasteiger partial charge in [-0.2, -0.15) is 0 Å². The van der Waals surface area contributed by atoms with Gasteiger partial charge in [0.15, 0.2) is 0 Å². The van der Waals surface area contributed by atoms with Crippen molar-refractivity contribution in [3.05, 3.63) is 0 Å². The second kappa shape index (κ2) is 7.09. The molecule has 1 saturated heterocycles. The third kappa shape index (κ3) is 4.52. The van der Waals surface area contributed by atoms with Gasteiger partial charge < -0.3 is 9.64 Å². The number of ether oxygens (including phenoxy) is 1. The summed E-state index contributed by atoms with van der Waals surface area (Å²) in [5.41, 5.74) is 0. The zero-order chi connectivity index (χ0) is 15.6. The first-order valence-corrected chi connectivity index (χ1v) is 9.60. The van der Waals surface area contributed by atoms with Crippen molar-refractivity contribution in [2.75, 3.05) is 0 Å². The van der Waals surface area contributed by atoms with Crippen LogP contribution in [0.4, 0.5) is 0 Å². The first kappa shape index (κ1) is 17.4. The van der Waals surface area contributed by atoms with Gasteiger partial charge in [-0.1, -0.05) is 41.9 Å². The second-order valence-corrected chi connectivity index (χ2v) is 10.1. The monoisotopic (exact) mass is 404 g/mol. The number of aliphatic imine (C=N–C) groups is 1. The molecule has 1 heterocycles. The topological polar surface area (TPSA) is 24.8 Å². The summed E-state index contributed by atoms with van der Waals surface area (Å²) in [6.45, 7) is 8.78. The van der Waals surface area contributed by atoms with Crippen molar-refractivity contribution in [1.29, 1.82) is 0 Å². The fourth-order valence-electron chi connectivity index (χ4n) is 3.57. The Morgan fingerprint density at radius 3 is 2.62 bits per heavy atom. The molecule has 3 atom stereocenters. The van der Waals surface area contributed by atoms with Gasteiger partial charge in [0.1, 0.15) is 14.0 Å². The van der Waals surface area contributed by atoms with E-state index >= 15 is 0 Å². The zero-order valence-electron chi connectivity index (χ0n) is 14.2. The van der Waals surface area contributed by atoms with Crippen LogP contribution in [0.5, 0.6) is 0 Å². The number of fused-ring (bicyclic) bond motifs is 1. The van der Waals surface area contributed by atoms with Gasteiger partial charge in [0, 0.05) is 12.1 Å². The van der Waals surface area contributed by atoms with Crippen LogP contribution in [0, 0.1) is 0 Å². The number of amidine groups is 1. The van der Waals surface area contributed by atoms with Crippen LogP contribution in [0.1, 0.15) is 66.2 Å². The Kier molecular flexibility index (Phi) is 5.88. The Labute approximate surface area is 144 Å². The summed E-state index contributed by atoms with van der Waals surface area (Å²) >= 11 is 2.65. The summed E-state index contributed by atoms with van der Waals surface area (Å²) in [6, 6.07) is 2.15. The van der Waals surface area contributed by atoms with Crippen LogP contribution >= 0.6 is 22.6 Å². The van der Waals surface area contributed by atoms with Gasteiger partial charge in [0.2, 0.25) is 0 Å². The lowest BCUT2D eigenvalue weighted by Gasteiger charge is -2.31. The molecule has 3 unspecified atom stereocenters. The number of alkyl halides is 1. The molecule has 1 saturated carbocycles. The first-order chi connectivity index (χ1) is 9.80. The van der Waals surface area contributed by atoms with Crippen LogP contribution in [-0.4, -0.2) is 46.3 Å². The smallest absolute Gasteiger partial charge is 0.288 e. The number of hydrogen-bond acceptors (Lipinski definition) is 2. The van der Waals surface area contributed by atoms with Gasteiger partial charge in [0.05, 0.1) is 6.04 Å². The molecule has 1 aliphatic heterocycles. The maximum absolute atomic E-state index is 6.35. The summed E-state index contributed by atoms with van der Waals surface area (Å²) < 4.78 is 6.70. The Hall–Kier alpha value is 0.0649.